The third-order valence-electron chi connectivity index (χ3n) is 2.86. The third-order valence-corrected chi connectivity index (χ3v) is 2.86. The molecule has 0 saturated carbocycles. The molecule has 1 saturated heterocycles. The van der Waals surface area contributed by atoms with Gasteiger partial charge in [-0.15, -0.1) is 0 Å². The average molecular weight is 224 g/mol. The molecular formula is C10H16N4O2. The first-order valence-electron chi connectivity index (χ1n) is 5.19. The molecule has 0 aromatic carbocycles. The molecule has 0 spiro atoms. The number of rotatable bonds is 2. The third kappa shape index (κ3) is 1.88. The first kappa shape index (κ1) is 10.9. The summed E-state index contributed by atoms with van der Waals surface area (Å²) >= 11 is 0. The smallest absolute Gasteiger partial charge is 0.257 e. The first-order chi connectivity index (χ1) is 7.52. The van der Waals surface area contributed by atoms with Crippen molar-refractivity contribution in [1.82, 2.24) is 15.1 Å². The van der Waals surface area contributed by atoms with Crippen molar-refractivity contribution in [3.05, 3.63) is 11.8 Å². The number of aromatic nitrogens is 2. The quantitative estimate of drug-likeness (QED) is 0.735. The number of aryl methyl sites for hydroxylation is 1. The van der Waals surface area contributed by atoms with Gasteiger partial charge in [-0.2, -0.15) is 5.10 Å². The van der Waals surface area contributed by atoms with Gasteiger partial charge in [0.2, 0.25) is 0 Å². The lowest BCUT2D eigenvalue weighted by atomic mass is 10.0. The second-order valence-corrected chi connectivity index (χ2v) is 4.38. The fourth-order valence-corrected chi connectivity index (χ4v) is 1.73. The number of carbonyl (C=O) groups is 1. The van der Waals surface area contributed by atoms with Crippen molar-refractivity contribution in [2.45, 2.75) is 18.9 Å². The van der Waals surface area contributed by atoms with Crippen molar-refractivity contribution in [3.8, 4) is 0 Å². The lowest BCUT2D eigenvalue weighted by Crippen LogP contribution is -2.46. The molecule has 1 amide bonds. The number of carbonyl (C=O) groups excluding carboxylic acids is 1. The van der Waals surface area contributed by atoms with E-state index in [-0.39, 0.29) is 11.4 Å². The van der Waals surface area contributed by atoms with Crippen LogP contribution in [-0.4, -0.2) is 34.4 Å². The maximum Gasteiger partial charge on any atom is 0.257 e. The molecule has 0 aliphatic carbocycles. The number of nitrogens with two attached hydrogens (primary N) is 1. The highest BCUT2D eigenvalue weighted by molar-refractivity contribution is 5.98. The number of nitrogens with one attached hydrogen (secondary N) is 1. The predicted molar refractivity (Wildman–Crippen MR) is 58.9 cm³/mol. The number of nitrogen functional groups attached to an aromatic ring is 1. The van der Waals surface area contributed by atoms with Crippen molar-refractivity contribution in [2.24, 2.45) is 7.05 Å². The number of amides is 1. The van der Waals surface area contributed by atoms with E-state index in [2.05, 4.69) is 10.4 Å². The van der Waals surface area contributed by atoms with Crippen LogP contribution in [-0.2, 0) is 11.8 Å². The fourth-order valence-electron chi connectivity index (χ4n) is 1.73. The zero-order valence-corrected chi connectivity index (χ0v) is 9.49. The Kier molecular flexibility index (Phi) is 2.59. The topological polar surface area (TPSA) is 82.2 Å². The number of hydrogen-bond donors (Lipinski definition) is 2. The van der Waals surface area contributed by atoms with Gasteiger partial charge in [0.25, 0.3) is 5.91 Å². The zero-order chi connectivity index (χ0) is 11.8. The molecule has 1 unspecified atom stereocenters. The van der Waals surface area contributed by atoms with Crippen LogP contribution in [0.25, 0.3) is 0 Å². The van der Waals surface area contributed by atoms with Crippen molar-refractivity contribution in [3.63, 3.8) is 0 Å². The summed E-state index contributed by atoms with van der Waals surface area (Å²) in [6.45, 7) is 3.18. The summed E-state index contributed by atoms with van der Waals surface area (Å²) in [5.74, 6) is 0.179. The Morgan fingerprint density at radius 3 is 3.00 bits per heavy atom. The molecule has 2 rings (SSSR count). The van der Waals surface area contributed by atoms with Crippen LogP contribution in [0.15, 0.2) is 6.20 Å². The van der Waals surface area contributed by atoms with Crippen LogP contribution < -0.4 is 11.1 Å². The summed E-state index contributed by atoms with van der Waals surface area (Å²) in [7, 11) is 1.70. The summed E-state index contributed by atoms with van der Waals surface area (Å²) in [6.07, 6.45) is 2.29. The molecule has 16 heavy (non-hydrogen) atoms. The van der Waals surface area contributed by atoms with Crippen molar-refractivity contribution in [2.75, 3.05) is 18.9 Å². The summed E-state index contributed by atoms with van der Waals surface area (Å²) in [4.78, 5) is 11.9. The first-order valence-corrected chi connectivity index (χ1v) is 5.19. The molecule has 1 atom stereocenters. The molecule has 2 heterocycles. The standard InChI is InChI=1S/C10H16N4O2/c1-10(3-4-16-6-10)13-9(15)7-5-12-14(2)8(7)11/h5H,3-4,6,11H2,1-2H3,(H,13,15). The molecular weight excluding hydrogens is 208 g/mol. The molecule has 1 aliphatic rings. The van der Waals surface area contributed by atoms with E-state index < -0.39 is 0 Å². The molecule has 3 N–H and O–H groups in total. The Labute approximate surface area is 93.8 Å². The Bertz CT molecular complexity index is 407. The van der Waals surface area contributed by atoms with Gasteiger partial charge in [-0.3, -0.25) is 9.48 Å². The highest BCUT2D eigenvalue weighted by atomic mass is 16.5. The van der Waals surface area contributed by atoms with Gasteiger partial charge in [-0.1, -0.05) is 0 Å². The van der Waals surface area contributed by atoms with E-state index in [1.807, 2.05) is 6.92 Å². The van der Waals surface area contributed by atoms with E-state index in [4.69, 9.17) is 10.5 Å². The highest BCUT2D eigenvalue weighted by Crippen LogP contribution is 2.19. The number of hydrogen-bond acceptors (Lipinski definition) is 4. The molecule has 1 aromatic rings. The SMILES string of the molecule is Cn1ncc(C(=O)NC2(C)CCOC2)c1N. The Morgan fingerprint density at radius 2 is 2.50 bits per heavy atom. The van der Waals surface area contributed by atoms with Gasteiger partial charge in [0, 0.05) is 13.7 Å². The summed E-state index contributed by atoms with van der Waals surface area (Å²) in [6, 6.07) is 0. The van der Waals surface area contributed by atoms with E-state index in [9.17, 15) is 4.79 Å². The normalized spacial score (nSPS) is 24.6. The van der Waals surface area contributed by atoms with Crippen LogP contribution in [0.2, 0.25) is 0 Å². The molecule has 88 valence electrons. The fraction of sp³-hybridized carbons (Fsp3) is 0.600. The molecule has 0 bridgehead atoms. The highest BCUT2D eigenvalue weighted by Gasteiger charge is 2.32. The molecule has 6 nitrogen and oxygen atoms in total. The van der Waals surface area contributed by atoms with Crippen LogP contribution in [0.5, 0.6) is 0 Å². The van der Waals surface area contributed by atoms with Crippen LogP contribution in [0.3, 0.4) is 0 Å². The van der Waals surface area contributed by atoms with Crippen LogP contribution >= 0.6 is 0 Å². The minimum absolute atomic E-state index is 0.196. The largest absolute Gasteiger partial charge is 0.383 e. The minimum atomic E-state index is -0.292. The second-order valence-electron chi connectivity index (χ2n) is 4.38. The minimum Gasteiger partial charge on any atom is -0.383 e. The van der Waals surface area contributed by atoms with Gasteiger partial charge in [0.15, 0.2) is 0 Å². The second kappa shape index (κ2) is 3.79. The molecule has 0 radical (unpaired) electrons. The monoisotopic (exact) mass is 224 g/mol. The van der Waals surface area contributed by atoms with Gasteiger partial charge in [0.05, 0.1) is 18.3 Å². The molecule has 1 aliphatic heterocycles. The van der Waals surface area contributed by atoms with E-state index in [0.29, 0.717) is 24.6 Å². The van der Waals surface area contributed by atoms with Crippen molar-refractivity contribution < 1.29 is 9.53 Å². The van der Waals surface area contributed by atoms with E-state index in [0.717, 1.165) is 6.42 Å². The van der Waals surface area contributed by atoms with Crippen LogP contribution in [0, 0.1) is 0 Å². The Morgan fingerprint density at radius 1 is 1.75 bits per heavy atom. The maximum absolute atomic E-state index is 11.9. The summed E-state index contributed by atoms with van der Waals surface area (Å²) in [5.41, 5.74) is 5.85. The molecule has 1 aromatic heterocycles. The van der Waals surface area contributed by atoms with Crippen LogP contribution in [0.4, 0.5) is 5.82 Å². The molecule has 6 heteroatoms. The number of nitrogens with zero attached hydrogens (tertiary/aromatic N) is 2. The van der Waals surface area contributed by atoms with E-state index in [1.165, 1.54) is 10.9 Å². The Balaban J connectivity index is 2.11. The Hall–Kier alpha value is -1.56. The van der Waals surface area contributed by atoms with Gasteiger partial charge >= 0.3 is 0 Å². The molecule has 1 fully saturated rings. The van der Waals surface area contributed by atoms with Crippen molar-refractivity contribution >= 4 is 11.7 Å². The van der Waals surface area contributed by atoms with Crippen LogP contribution in [0.1, 0.15) is 23.7 Å². The van der Waals surface area contributed by atoms with Crippen molar-refractivity contribution in [1.29, 1.82) is 0 Å². The zero-order valence-electron chi connectivity index (χ0n) is 9.49. The summed E-state index contributed by atoms with van der Waals surface area (Å²) in [5, 5.41) is 6.86. The lowest BCUT2D eigenvalue weighted by Gasteiger charge is -2.23. The summed E-state index contributed by atoms with van der Waals surface area (Å²) < 4.78 is 6.74. The van der Waals surface area contributed by atoms with E-state index in [1.54, 1.807) is 7.05 Å². The van der Waals surface area contributed by atoms with Gasteiger partial charge in [-0.05, 0) is 13.3 Å². The van der Waals surface area contributed by atoms with E-state index >= 15 is 0 Å². The average Bonchev–Trinajstić information content (AvgIpc) is 2.76. The van der Waals surface area contributed by atoms with Gasteiger partial charge in [-0.25, -0.2) is 0 Å². The van der Waals surface area contributed by atoms with Gasteiger partial charge in [0.1, 0.15) is 11.4 Å². The number of ether oxygens (including phenoxy) is 1. The number of anilines is 1. The maximum atomic E-state index is 11.9. The predicted octanol–water partition coefficient (Wildman–Crippen LogP) is -0.0889. The lowest BCUT2D eigenvalue weighted by molar-refractivity contribution is 0.0890. The van der Waals surface area contributed by atoms with Gasteiger partial charge < -0.3 is 15.8 Å².